The second-order valence-electron chi connectivity index (χ2n) is 2.25. The molecule has 0 fully saturated rings. The van der Waals surface area contributed by atoms with Gasteiger partial charge >= 0.3 is 0 Å². The van der Waals surface area contributed by atoms with Crippen LogP contribution in [0.25, 0.3) is 0 Å². The van der Waals surface area contributed by atoms with Gasteiger partial charge in [-0.05, 0) is 11.6 Å². The summed E-state index contributed by atoms with van der Waals surface area (Å²) in [5, 5.41) is 19.6. The van der Waals surface area contributed by atoms with Gasteiger partial charge in [-0.1, -0.05) is 6.07 Å². The molecule has 12 heavy (non-hydrogen) atoms. The molecule has 0 saturated heterocycles. The van der Waals surface area contributed by atoms with E-state index < -0.39 is 0 Å². The number of pyridine rings is 1. The van der Waals surface area contributed by atoms with E-state index in [9.17, 15) is 0 Å². The van der Waals surface area contributed by atoms with E-state index in [1.54, 1.807) is 18.3 Å². The first-order chi connectivity index (χ1) is 5.86. The normalized spacial score (nSPS) is 9.33. The molecule has 0 saturated carbocycles. The first-order valence-electron chi connectivity index (χ1n) is 3.53. The second kappa shape index (κ2) is 4.44. The quantitative estimate of drug-likeness (QED) is 0.615. The molecule has 0 aliphatic heterocycles. The molecule has 1 rings (SSSR count). The Labute approximate surface area is 70.5 Å². The summed E-state index contributed by atoms with van der Waals surface area (Å²) in [6, 6.07) is 5.38. The predicted molar refractivity (Wildman–Crippen MR) is 42.9 cm³/mol. The molecule has 1 heterocycles. The van der Waals surface area contributed by atoms with Gasteiger partial charge in [0.1, 0.15) is 11.8 Å². The molecule has 1 aromatic rings. The summed E-state index contributed by atoms with van der Waals surface area (Å²) in [6.45, 7) is 0.509. The van der Waals surface area contributed by atoms with Crippen molar-refractivity contribution in [1.29, 1.82) is 5.26 Å². The third-order valence-electron chi connectivity index (χ3n) is 1.38. The van der Waals surface area contributed by atoms with Crippen molar-refractivity contribution in [3.05, 3.63) is 29.6 Å². The van der Waals surface area contributed by atoms with Crippen molar-refractivity contribution in [2.24, 2.45) is 0 Å². The highest BCUT2D eigenvalue weighted by atomic mass is 16.3. The molecule has 0 radical (unpaired) electrons. The number of nitriles is 1. The lowest BCUT2D eigenvalue weighted by molar-refractivity contribution is 0.259. The molecule has 0 aliphatic carbocycles. The number of aliphatic hydroxyl groups is 1. The number of rotatable bonds is 3. The highest BCUT2D eigenvalue weighted by molar-refractivity contribution is 5.22. The predicted octanol–water partition coefficient (Wildman–Crippen LogP) is -0.00732. The minimum absolute atomic E-state index is 0.0556. The number of hydrogen-bond acceptors (Lipinski definition) is 4. The number of nitrogens with zero attached hydrogens (tertiary/aromatic N) is 2. The lowest BCUT2D eigenvalue weighted by Gasteiger charge is -1.99. The van der Waals surface area contributed by atoms with Gasteiger partial charge in [0.15, 0.2) is 0 Å². The van der Waals surface area contributed by atoms with Crippen molar-refractivity contribution in [2.45, 2.75) is 6.54 Å². The molecule has 0 spiro atoms. The van der Waals surface area contributed by atoms with E-state index in [1.165, 1.54) is 0 Å². The van der Waals surface area contributed by atoms with Crippen LogP contribution in [0.15, 0.2) is 18.3 Å². The van der Waals surface area contributed by atoms with Crippen molar-refractivity contribution >= 4 is 0 Å². The Balaban J connectivity index is 2.60. The van der Waals surface area contributed by atoms with Gasteiger partial charge in [-0.15, -0.1) is 0 Å². The van der Waals surface area contributed by atoms with Crippen LogP contribution in [-0.2, 0) is 6.54 Å². The number of aromatic nitrogens is 1. The standard InChI is InChI=1S/C8H9N3O/c9-3-8-2-1-7(5-11-8)4-10-6-12/h1-2,5,10,12H,4,6H2. The summed E-state index contributed by atoms with van der Waals surface area (Å²) in [6.07, 6.45) is 1.61. The van der Waals surface area contributed by atoms with Gasteiger partial charge in [0.2, 0.25) is 0 Å². The number of nitrogens with one attached hydrogen (secondary N) is 1. The highest BCUT2D eigenvalue weighted by Crippen LogP contribution is 1.97. The zero-order chi connectivity index (χ0) is 8.81. The molecule has 0 unspecified atom stereocenters. The maximum Gasteiger partial charge on any atom is 0.140 e. The van der Waals surface area contributed by atoms with Gasteiger partial charge in [0, 0.05) is 12.7 Å². The zero-order valence-electron chi connectivity index (χ0n) is 6.49. The molecular weight excluding hydrogens is 154 g/mol. The van der Waals surface area contributed by atoms with Gasteiger partial charge in [-0.3, -0.25) is 5.32 Å². The Morgan fingerprint density at radius 3 is 2.92 bits per heavy atom. The maximum atomic E-state index is 8.44. The fourth-order valence-corrected chi connectivity index (χ4v) is 0.795. The molecule has 4 nitrogen and oxygen atoms in total. The van der Waals surface area contributed by atoms with E-state index in [0.717, 1.165) is 5.56 Å². The van der Waals surface area contributed by atoms with Crippen LogP contribution in [0.3, 0.4) is 0 Å². The Bertz CT molecular complexity index is 275. The average molecular weight is 163 g/mol. The number of hydrogen-bond donors (Lipinski definition) is 2. The summed E-state index contributed by atoms with van der Waals surface area (Å²) in [4.78, 5) is 3.87. The van der Waals surface area contributed by atoms with E-state index in [1.807, 2.05) is 6.07 Å². The average Bonchev–Trinajstić information content (AvgIpc) is 2.15. The van der Waals surface area contributed by atoms with Crippen molar-refractivity contribution < 1.29 is 5.11 Å². The van der Waals surface area contributed by atoms with Crippen LogP contribution in [0.1, 0.15) is 11.3 Å². The van der Waals surface area contributed by atoms with Gasteiger partial charge in [-0.25, -0.2) is 4.98 Å². The summed E-state index contributed by atoms with van der Waals surface area (Å²) >= 11 is 0. The smallest absolute Gasteiger partial charge is 0.140 e. The fourth-order valence-electron chi connectivity index (χ4n) is 0.795. The van der Waals surface area contributed by atoms with Crippen LogP contribution in [0, 0.1) is 11.3 Å². The van der Waals surface area contributed by atoms with Gasteiger partial charge < -0.3 is 5.11 Å². The Morgan fingerprint density at radius 1 is 1.58 bits per heavy atom. The van der Waals surface area contributed by atoms with Crippen molar-refractivity contribution in [3.63, 3.8) is 0 Å². The molecule has 0 atom stereocenters. The lowest BCUT2D eigenvalue weighted by atomic mass is 10.2. The SMILES string of the molecule is N#Cc1ccc(CNCO)cn1. The van der Waals surface area contributed by atoms with E-state index >= 15 is 0 Å². The van der Waals surface area contributed by atoms with Crippen molar-refractivity contribution in [3.8, 4) is 6.07 Å². The summed E-state index contributed by atoms with van der Waals surface area (Å²) in [5.74, 6) is 0. The van der Waals surface area contributed by atoms with E-state index in [0.29, 0.717) is 12.2 Å². The molecule has 0 aromatic carbocycles. The second-order valence-corrected chi connectivity index (χ2v) is 2.25. The first kappa shape index (κ1) is 8.65. The summed E-state index contributed by atoms with van der Waals surface area (Å²) < 4.78 is 0. The largest absolute Gasteiger partial charge is 0.381 e. The number of aliphatic hydroxyl groups excluding tert-OH is 1. The summed E-state index contributed by atoms with van der Waals surface area (Å²) in [7, 11) is 0. The van der Waals surface area contributed by atoms with E-state index in [-0.39, 0.29) is 6.73 Å². The molecule has 0 aliphatic rings. The van der Waals surface area contributed by atoms with Gasteiger partial charge in [-0.2, -0.15) is 5.26 Å². The maximum absolute atomic E-state index is 8.44. The van der Waals surface area contributed by atoms with Crippen molar-refractivity contribution in [2.75, 3.05) is 6.73 Å². The van der Waals surface area contributed by atoms with Crippen LogP contribution >= 0.6 is 0 Å². The Kier molecular flexibility index (Phi) is 3.20. The fraction of sp³-hybridized carbons (Fsp3) is 0.250. The van der Waals surface area contributed by atoms with Crippen LogP contribution in [0.5, 0.6) is 0 Å². The molecule has 62 valence electrons. The van der Waals surface area contributed by atoms with Crippen LogP contribution in [0.2, 0.25) is 0 Å². The van der Waals surface area contributed by atoms with Gasteiger partial charge in [0.25, 0.3) is 0 Å². The van der Waals surface area contributed by atoms with E-state index in [2.05, 4.69) is 10.3 Å². The highest BCUT2D eigenvalue weighted by Gasteiger charge is 1.93. The minimum Gasteiger partial charge on any atom is -0.381 e. The Hall–Kier alpha value is -1.44. The van der Waals surface area contributed by atoms with Crippen LogP contribution in [-0.4, -0.2) is 16.8 Å². The minimum atomic E-state index is -0.0556. The third kappa shape index (κ3) is 2.31. The van der Waals surface area contributed by atoms with E-state index in [4.69, 9.17) is 10.4 Å². The molecular formula is C8H9N3O. The summed E-state index contributed by atoms with van der Waals surface area (Å²) in [5.41, 5.74) is 1.35. The van der Waals surface area contributed by atoms with Crippen LogP contribution in [0.4, 0.5) is 0 Å². The first-order valence-corrected chi connectivity index (χ1v) is 3.53. The lowest BCUT2D eigenvalue weighted by Crippen LogP contribution is -2.13. The Morgan fingerprint density at radius 2 is 2.42 bits per heavy atom. The van der Waals surface area contributed by atoms with Gasteiger partial charge in [0.05, 0.1) is 6.73 Å². The van der Waals surface area contributed by atoms with Crippen molar-refractivity contribution in [1.82, 2.24) is 10.3 Å². The molecule has 2 N–H and O–H groups in total. The van der Waals surface area contributed by atoms with Crippen LogP contribution < -0.4 is 5.32 Å². The zero-order valence-corrected chi connectivity index (χ0v) is 6.49. The molecule has 4 heteroatoms. The molecule has 0 bridgehead atoms. The molecule has 0 amide bonds. The third-order valence-corrected chi connectivity index (χ3v) is 1.38. The molecule has 1 aromatic heterocycles. The monoisotopic (exact) mass is 163 g/mol. The topological polar surface area (TPSA) is 68.9 Å².